The molecule has 0 bridgehead atoms. The Hall–Kier alpha value is -3.09. The molecule has 0 radical (unpaired) electrons. The van der Waals surface area contributed by atoms with Crippen LogP contribution in [-0.2, 0) is 7.05 Å². The van der Waals surface area contributed by atoms with E-state index in [0.29, 0.717) is 22.7 Å². The number of carbonyl (C=O) groups excluding carboxylic acids is 1. The molecule has 7 nitrogen and oxygen atoms in total. The average Bonchev–Trinajstić information content (AvgIpc) is 2.83. The lowest BCUT2D eigenvalue weighted by molar-refractivity contribution is 0.0943. The van der Waals surface area contributed by atoms with Gasteiger partial charge in [0.05, 0.1) is 0 Å². The SMILES string of the molecule is CC(C)NC(=O)c1cccc(Oc2ccnc3c2oc(=O)n3C)c1. The molecular weight excluding hydrogens is 310 g/mol. The molecule has 124 valence electrons. The predicted molar refractivity (Wildman–Crippen MR) is 88.4 cm³/mol. The minimum Gasteiger partial charge on any atom is -0.453 e. The zero-order chi connectivity index (χ0) is 17.3. The summed E-state index contributed by atoms with van der Waals surface area (Å²) >= 11 is 0. The third-order valence-corrected chi connectivity index (χ3v) is 3.37. The smallest absolute Gasteiger partial charge is 0.421 e. The fraction of sp³-hybridized carbons (Fsp3) is 0.235. The number of nitrogens with zero attached hydrogens (tertiary/aromatic N) is 2. The number of ether oxygens (including phenoxy) is 1. The Labute approximate surface area is 137 Å². The van der Waals surface area contributed by atoms with Crippen molar-refractivity contribution in [1.82, 2.24) is 14.9 Å². The van der Waals surface area contributed by atoms with Crippen LogP contribution in [0, 0.1) is 0 Å². The van der Waals surface area contributed by atoms with Crippen molar-refractivity contribution >= 4 is 17.1 Å². The van der Waals surface area contributed by atoms with Gasteiger partial charge in [-0.2, -0.15) is 0 Å². The molecule has 2 heterocycles. The van der Waals surface area contributed by atoms with Gasteiger partial charge >= 0.3 is 5.76 Å². The number of amides is 1. The molecule has 0 aliphatic carbocycles. The lowest BCUT2D eigenvalue weighted by atomic mass is 10.2. The van der Waals surface area contributed by atoms with E-state index >= 15 is 0 Å². The normalized spacial score (nSPS) is 11.0. The number of oxazole rings is 1. The molecule has 3 aromatic rings. The number of carbonyl (C=O) groups is 1. The summed E-state index contributed by atoms with van der Waals surface area (Å²) in [6, 6.07) is 8.43. The molecule has 1 amide bonds. The summed E-state index contributed by atoms with van der Waals surface area (Å²) < 4.78 is 12.3. The highest BCUT2D eigenvalue weighted by Crippen LogP contribution is 2.28. The molecule has 7 heteroatoms. The van der Waals surface area contributed by atoms with E-state index in [9.17, 15) is 9.59 Å². The second kappa shape index (κ2) is 6.19. The molecule has 0 spiro atoms. The van der Waals surface area contributed by atoms with Crippen LogP contribution < -0.4 is 15.8 Å². The molecule has 2 aromatic heterocycles. The summed E-state index contributed by atoms with van der Waals surface area (Å²) in [5, 5.41) is 2.82. The quantitative estimate of drug-likeness (QED) is 0.795. The summed E-state index contributed by atoms with van der Waals surface area (Å²) in [5.41, 5.74) is 1.15. The molecular formula is C17H17N3O4. The van der Waals surface area contributed by atoms with Crippen LogP contribution in [0.25, 0.3) is 11.2 Å². The van der Waals surface area contributed by atoms with Crippen molar-refractivity contribution in [3.05, 3.63) is 52.6 Å². The van der Waals surface area contributed by atoms with Gasteiger partial charge in [0, 0.05) is 30.9 Å². The fourth-order valence-electron chi connectivity index (χ4n) is 2.25. The molecule has 3 rings (SSSR count). The van der Waals surface area contributed by atoms with Gasteiger partial charge in [-0.3, -0.25) is 9.36 Å². The Kier molecular flexibility index (Phi) is 4.07. The third kappa shape index (κ3) is 3.01. The van der Waals surface area contributed by atoms with Crippen LogP contribution in [0.3, 0.4) is 0 Å². The first kappa shape index (κ1) is 15.8. The van der Waals surface area contributed by atoms with E-state index in [1.165, 1.54) is 10.8 Å². The standard InChI is InChI=1S/C17H17N3O4/c1-10(2)19-16(21)11-5-4-6-12(9-11)23-13-7-8-18-15-14(13)24-17(22)20(15)3/h4-10H,1-3H3,(H,19,21). The Bertz CT molecular complexity index is 956. The van der Waals surface area contributed by atoms with Gasteiger partial charge in [0.25, 0.3) is 5.91 Å². The fourth-order valence-corrected chi connectivity index (χ4v) is 2.25. The highest BCUT2D eigenvalue weighted by Gasteiger charge is 2.14. The molecule has 0 atom stereocenters. The van der Waals surface area contributed by atoms with Crippen molar-refractivity contribution in [3.63, 3.8) is 0 Å². The van der Waals surface area contributed by atoms with E-state index in [2.05, 4.69) is 10.3 Å². The second-order valence-electron chi connectivity index (χ2n) is 5.65. The summed E-state index contributed by atoms with van der Waals surface area (Å²) in [7, 11) is 1.57. The lowest BCUT2D eigenvalue weighted by Crippen LogP contribution is -2.29. The van der Waals surface area contributed by atoms with E-state index in [1.807, 2.05) is 13.8 Å². The molecule has 0 aliphatic rings. The van der Waals surface area contributed by atoms with Gasteiger partial charge < -0.3 is 14.5 Å². The molecule has 1 aromatic carbocycles. The van der Waals surface area contributed by atoms with Gasteiger partial charge in [-0.1, -0.05) is 6.07 Å². The molecule has 0 aliphatic heterocycles. The van der Waals surface area contributed by atoms with E-state index < -0.39 is 5.76 Å². The first-order chi connectivity index (χ1) is 11.5. The summed E-state index contributed by atoms with van der Waals surface area (Å²) in [6.45, 7) is 3.78. The van der Waals surface area contributed by atoms with Crippen LogP contribution in [0.4, 0.5) is 0 Å². The first-order valence-electron chi connectivity index (χ1n) is 7.49. The summed E-state index contributed by atoms with van der Waals surface area (Å²) in [4.78, 5) is 27.8. The first-order valence-corrected chi connectivity index (χ1v) is 7.49. The molecule has 0 unspecified atom stereocenters. The third-order valence-electron chi connectivity index (χ3n) is 3.37. The van der Waals surface area contributed by atoms with E-state index in [1.54, 1.807) is 37.4 Å². The lowest BCUT2D eigenvalue weighted by Gasteiger charge is -2.10. The van der Waals surface area contributed by atoms with E-state index in [-0.39, 0.29) is 17.5 Å². The molecule has 0 saturated heterocycles. The van der Waals surface area contributed by atoms with Crippen LogP contribution in [0.2, 0.25) is 0 Å². The number of benzene rings is 1. The van der Waals surface area contributed by atoms with Crippen molar-refractivity contribution in [2.75, 3.05) is 0 Å². The Balaban J connectivity index is 1.93. The maximum Gasteiger partial charge on any atom is 0.421 e. The van der Waals surface area contributed by atoms with Crippen molar-refractivity contribution < 1.29 is 13.9 Å². The average molecular weight is 327 g/mol. The minimum atomic E-state index is -0.515. The number of hydrogen-bond donors (Lipinski definition) is 1. The maximum absolute atomic E-state index is 12.1. The monoisotopic (exact) mass is 327 g/mol. The number of hydrogen-bond acceptors (Lipinski definition) is 5. The summed E-state index contributed by atoms with van der Waals surface area (Å²) in [6.07, 6.45) is 1.53. The Morgan fingerprint density at radius 2 is 2.12 bits per heavy atom. The number of nitrogens with one attached hydrogen (secondary N) is 1. The maximum atomic E-state index is 12.1. The van der Waals surface area contributed by atoms with Crippen molar-refractivity contribution in [2.45, 2.75) is 19.9 Å². The highest BCUT2D eigenvalue weighted by atomic mass is 16.5. The van der Waals surface area contributed by atoms with Gasteiger partial charge in [0.2, 0.25) is 5.58 Å². The van der Waals surface area contributed by atoms with E-state index in [4.69, 9.17) is 9.15 Å². The number of rotatable bonds is 4. The molecule has 0 saturated carbocycles. The van der Waals surface area contributed by atoms with Crippen molar-refractivity contribution in [1.29, 1.82) is 0 Å². The van der Waals surface area contributed by atoms with E-state index in [0.717, 1.165) is 0 Å². The van der Waals surface area contributed by atoms with Gasteiger partial charge in [0.15, 0.2) is 11.4 Å². The van der Waals surface area contributed by atoms with Crippen LogP contribution in [0.1, 0.15) is 24.2 Å². The predicted octanol–water partition coefficient (Wildman–Crippen LogP) is 2.46. The van der Waals surface area contributed by atoms with Crippen LogP contribution in [-0.4, -0.2) is 21.5 Å². The summed E-state index contributed by atoms with van der Waals surface area (Å²) in [5.74, 6) is 0.129. The van der Waals surface area contributed by atoms with Crippen LogP contribution >= 0.6 is 0 Å². The number of aryl methyl sites for hydroxylation is 1. The second-order valence-corrected chi connectivity index (χ2v) is 5.65. The van der Waals surface area contributed by atoms with Crippen molar-refractivity contribution in [2.24, 2.45) is 7.05 Å². The van der Waals surface area contributed by atoms with Gasteiger partial charge in [-0.05, 0) is 32.0 Å². The number of aromatic nitrogens is 2. The van der Waals surface area contributed by atoms with Gasteiger partial charge in [-0.25, -0.2) is 9.78 Å². The Morgan fingerprint density at radius 1 is 1.33 bits per heavy atom. The topological polar surface area (TPSA) is 86.4 Å². The zero-order valence-electron chi connectivity index (χ0n) is 13.6. The molecule has 24 heavy (non-hydrogen) atoms. The Morgan fingerprint density at radius 3 is 2.88 bits per heavy atom. The minimum absolute atomic E-state index is 0.0421. The highest BCUT2D eigenvalue weighted by molar-refractivity contribution is 5.94. The van der Waals surface area contributed by atoms with Crippen LogP contribution in [0.5, 0.6) is 11.5 Å². The molecule has 1 N–H and O–H groups in total. The van der Waals surface area contributed by atoms with Crippen molar-refractivity contribution in [3.8, 4) is 11.5 Å². The van der Waals surface area contributed by atoms with Crippen LogP contribution in [0.15, 0.2) is 45.7 Å². The number of fused-ring (bicyclic) bond motifs is 1. The number of pyridine rings is 1. The largest absolute Gasteiger partial charge is 0.453 e. The molecule has 0 fully saturated rings. The van der Waals surface area contributed by atoms with Gasteiger partial charge in [0.1, 0.15) is 5.75 Å². The van der Waals surface area contributed by atoms with Gasteiger partial charge in [-0.15, -0.1) is 0 Å². The zero-order valence-corrected chi connectivity index (χ0v) is 13.6.